The molecular weight excluding hydrogens is 302 g/mol. The zero-order valence-electron chi connectivity index (χ0n) is 14.4. The van der Waals surface area contributed by atoms with E-state index in [9.17, 15) is 0 Å². The van der Waals surface area contributed by atoms with Crippen LogP contribution in [-0.4, -0.2) is 62.2 Å². The van der Waals surface area contributed by atoms with Crippen LogP contribution in [0.2, 0.25) is 0 Å². The molecule has 0 aliphatic carbocycles. The van der Waals surface area contributed by atoms with Gasteiger partial charge in [0.15, 0.2) is 5.82 Å². The average molecular weight is 329 g/mol. The van der Waals surface area contributed by atoms with Crippen molar-refractivity contribution in [2.45, 2.75) is 50.7 Å². The van der Waals surface area contributed by atoms with Gasteiger partial charge in [0.05, 0.1) is 12.2 Å². The highest BCUT2D eigenvalue weighted by Gasteiger charge is 2.22. The summed E-state index contributed by atoms with van der Waals surface area (Å²) in [5.41, 5.74) is 0.887. The number of rotatable bonds is 5. The molecule has 0 spiro atoms. The van der Waals surface area contributed by atoms with Crippen molar-refractivity contribution in [1.82, 2.24) is 34.8 Å². The molecule has 4 rings (SSSR count). The molecule has 24 heavy (non-hydrogen) atoms. The topological polar surface area (TPSA) is 63.8 Å². The molecular formula is C17H27N7. The molecule has 0 radical (unpaired) electrons. The highest BCUT2D eigenvalue weighted by molar-refractivity contribution is 5.47. The van der Waals surface area contributed by atoms with E-state index >= 15 is 0 Å². The first kappa shape index (κ1) is 15.8. The minimum Gasteiger partial charge on any atom is -0.330 e. The summed E-state index contributed by atoms with van der Waals surface area (Å²) in [6.45, 7) is 4.34. The van der Waals surface area contributed by atoms with E-state index < -0.39 is 0 Å². The molecule has 2 saturated heterocycles. The number of nitrogens with one attached hydrogen (secondary N) is 1. The van der Waals surface area contributed by atoms with Gasteiger partial charge in [-0.25, -0.2) is 9.67 Å². The lowest BCUT2D eigenvalue weighted by molar-refractivity contribution is 0.286. The van der Waals surface area contributed by atoms with Crippen LogP contribution in [0.25, 0.3) is 11.5 Å². The van der Waals surface area contributed by atoms with Crippen LogP contribution < -0.4 is 5.32 Å². The van der Waals surface area contributed by atoms with Crippen LogP contribution in [0.15, 0.2) is 18.6 Å². The third-order valence-electron chi connectivity index (χ3n) is 5.51. The van der Waals surface area contributed by atoms with E-state index in [-0.39, 0.29) is 0 Å². The summed E-state index contributed by atoms with van der Waals surface area (Å²) in [4.78, 5) is 7.01. The van der Waals surface area contributed by atoms with Gasteiger partial charge in [0.2, 0.25) is 0 Å². The van der Waals surface area contributed by atoms with Crippen LogP contribution in [0.4, 0.5) is 0 Å². The lowest BCUT2D eigenvalue weighted by atomic mass is 10.1. The van der Waals surface area contributed by atoms with Crippen LogP contribution in [-0.2, 0) is 6.54 Å². The molecule has 0 bridgehead atoms. The van der Waals surface area contributed by atoms with E-state index in [2.05, 4.69) is 49.5 Å². The van der Waals surface area contributed by atoms with E-state index in [4.69, 9.17) is 0 Å². The summed E-state index contributed by atoms with van der Waals surface area (Å²) in [7, 11) is 2.23. The Hall–Kier alpha value is -1.73. The highest BCUT2D eigenvalue weighted by Crippen LogP contribution is 2.22. The Balaban J connectivity index is 1.45. The number of likely N-dealkylation sites (tertiary alicyclic amines) is 1. The van der Waals surface area contributed by atoms with Gasteiger partial charge in [0, 0.05) is 25.0 Å². The first-order chi connectivity index (χ1) is 11.8. The van der Waals surface area contributed by atoms with Crippen molar-refractivity contribution >= 4 is 0 Å². The van der Waals surface area contributed by atoms with Crippen molar-refractivity contribution in [1.29, 1.82) is 0 Å². The fourth-order valence-corrected chi connectivity index (χ4v) is 3.98. The van der Waals surface area contributed by atoms with E-state index in [0.717, 1.165) is 44.0 Å². The van der Waals surface area contributed by atoms with Gasteiger partial charge >= 0.3 is 0 Å². The van der Waals surface area contributed by atoms with Crippen molar-refractivity contribution in [2.75, 3.05) is 26.7 Å². The zero-order valence-corrected chi connectivity index (χ0v) is 14.4. The number of imidazole rings is 1. The molecule has 2 aromatic rings. The maximum atomic E-state index is 4.53. The minimum atomic E-state index is 0.461. The summed E-state index contributed by atoms with van der Waals surface area (Å²) in [5.74, 6) is 0.941. The first-order valence-electron chi connectivity index (χ1n) is 9.15. The quantitative estimate of drug-likeness (QED) is 0.902. The molecule has 0 amide bonds. The van der Waals surface area contributed by atoms with Gasteiger partial charge in [-0.3, -0.25) is 0 Å². The molecule has 2 aromatic heterocycles. The van der Waals surface area contributed by atoms with Crippen molar-refractivity contribution in [3.8, 4) is 11.5 Å². The lowest BCUT2D eigenvalue weighted by Crippen LogP contribution is -2.29. The average Bonchev–Trinajstić information content (AvgIpc) is 3.34. The van der Waals surface area contributed by atoms with Crippen LogP contribution >= 0.6 is 0 Å². The van der Waals surface area contributed by atoms with Gasteiger partial charge in [-0.1, -0.05) is 5.21 Å². The van der Waals surface area contributed by atoms with Gasteiger partial charge in [-0.05, 0) is 58.8 Å². The Kier molecular flexibility index (Phi) is 4.62. The van der Waals surface area contributed by atoms with E-state index in [1.54, 1.807) is 0 Å². The fourth-order valence-electron chi connectivity index (χ4n) is 3.98. The van der Waals surface area contributed by atoms with E-state index in [1.165, 1.54) is 25.8 Å². The third-order valence-corrected chi connectivity index (χ3v) is 5.51. The molecule has 0 saturated carbocycles. The lowest BCUT2D eigenvalue weighted by Gasteiger charge is -2.22. The molecule has 130 valence electrons. The van der Waals surface area contributed by atoms with E-state index in [0.29, 0.717) is 12.1 Å². The Labute approximate surface area is 143 Å². The molecule has 7 heteroatoms. The number of aromatic nitrogens is 5. The summed E-state index contributed by atoms with van der Waals surface area (Å²) >= 11 is 0. The molecule has 4 heterocycles. The maximum Gasteiger partial charge on any atom is 0.162 e. The van der Waals surface area contributed by atoms with Gasteiger partial charge in [0.1, 0.15) is 5.69 Å². The van der Waals surface area contributed by atoms with Crippen molar-refractivity contribution < 1.29 is 0 Å². The second kappa shape index (κ2) is 7.03. The van der Waals surface area contributed by atoms with Gasteiger partial charge in [-0.15, -0.1) is 5.10 Å². The Morgan fingerprint density at radius 3 is 2.92 bits per heavy atom. The Morgan fingerprint density at radius 1 is 1.25 bits per heavy atom. The van der Waals surface area contributed by atoms with Crippen molar-refractivity contribution in [3.05, 3.63) is 18.6 Å². The molecule has 1 atom stereocenters. The molecule has 2 aliphatic rings. The van der Waals surface area contributed by atoms with Gasteiger partial charge in [-0.2, -0.15) is 0 Å². The number of hydrogen-bond acceptors (Lipinski definition) is 5. The number of hydrogen-bond donors (Lipinski definition) is 1. The first-order valence-corrected chi connectivity index (χ1v) is 9.15. The van der Waals surface area contributed by atoms with Gasteiger partial charge < -0.3 is 14.8 Å². The standard InChI is InChI=1S/C17H27N7/c1-22-10-2-3-14(22)6-11-23-12-9-19-17(23)16-13-24(21-20-16)15-4-7-18-8-5-15/h9,12-15,18H,2-8,10-11H2,1H3/t14-/m0/s1. The van der Waals surface area contributed by atoms with Crippen LogP contribution in [0.3, 0.4) is 0 Å². The Morgan fingerprint density at radius 2 is 2.12 bits per heavy atom. The second-order valence-electron chi connectivity index (χ2n) is 7.07. The smallest absolute Gasteiger partial charge is 0.162 e. The Bertz CT molecular complexity index is 655. The summed E-state index contributed by atoms with van der Waals surface area (Å²) in [6, 6.07) is 1.16. The number of aryl methyl sites for hydroxylation is 1. The third kappa shape index (κ3) is 3.23. The SMILES string of the molecule is CN1CCC[C@H]1CCn1ccnc1-c1cn(C2CCNCC2)nn1. The normalized spacial score (nSPS) is 23.1. The molecule has 1 N–H and O–H groups in total. The van der Waals surface area contributed by atoms with Crippen molar-refractivity contribution in [3.63, 3.8) is 0 Å². The van der Waals surface area contributed by atoms with Crippen LogP contribution in [0.1, 0.15) is 38.1 Å². The highest BCUT2D eigenvalue weighted by atomic mass is 15.4. The monoisotopic (exact) mass is 329 g/mol. The van der Waals surface area contributed by atoms with Crippen molar-refractivity contribution in [2.24, 2.45) is 0 Å². The number of nitrogens with zero attached hydrogens (tertiary/aromatic N) is 6. The molecule has 2 aliphatic heterocycles. The predicted octanol–water partition coefficient (Wildman–Crippen LogP) is 1.55. The fraction of sp³-hybridized carbons (Fsp3) is 0.706. The summed E-state index contributed by atoms with van der Waals surface area (Å²) in [5, 5.41) is 12.1. The summed E-state index contributed by atoms with van der Waals surface area (Å²) < 4.78 is 4.25. The summed E-state index contributed by atoms with van der Waals surface area (Å²) in [6.07, 6.45) is 12.0. The van der Waals surface area contributed by atoms with E-state index in [1.807, 2.05) is 10.9 Å². The molecule has 0 aromatic carbocycles. The largest absolute Gasteiger partial charge is 0.330 e. The zero-order chi connectivity index (χ0) is 16.4. The predicted molar refractivity (Wildman–Crippen MR) is 92.7 cm³/mol. The van der Waals surface area contributed by atoms with Crippen LogP contribution in [0.5, 0.6) is 0 Å². The number of piperidine rings is 1. The maximum absolute atomic E-state index is 4.53. The minimum absolute atomic E-state index is 0.461. The van der Waals surface area contributed by atoms with Gasteiger partial charge in [0.25, 0.3) is 0 Å². The molecule has 0 unspecified atom stereocenters. The molecule has 7 nitrogen and oxygen atoms in total. The van der Waals surface area contributed by atoms with Crippen LogP contribution in [0, 0.1) is 0 Å². The second-order valence-corrected chi connectivity index (χ2v) is 7.07. The molecule has 2 fully saturated rings.